The van der Waals surface area contributed by atoms with E-state index in [4.69, 9.17) is 4.74 Å². The lowest BCUT2D eigenvalue weighted by Crippen LogP contribution is -2.43. The number of hydrogen-bond donors (Lipinski definition) is 1. The molecule has 4 rings (SSSR count). The van der Waals surface area contributed by atoms with Crippen LogP contribution in [0.25, 0.3) is 0 Å². The maximum absolute atomic E-state index is 10.4. The van der Waals surface area contributed by atoms with Gasteiger partial charge in [0.25, 0.3) is 0 Å². The van der Waals surface area contributed by atoms with E-state index < -0.39 is 0 Å². The Morgan fingerprint density at radius 1 is 1.17 bits per heavy atom. The predicted molar refractivity (Wildman–Crippen MR) is 93.5 cm³/mol. The third-order valence-electron chi connectivity index (χ3n) is 6.88. The van der Waals surface area contributed by atoms with Gasteiger partial charge in [-0.2, -0.15) is 0 Å². The minimum atomic E-state index is -0.0688. The van der Waals surface area contributed by atoms with E-state index in [-0.39, 0.29) is 11.5 Å². The van der Waals surface area contributed by atoms with Crippen LogP contribution in [0.1, 0.15) is 56.1 Å². The quantitative estimate of drug-likeness (QED) is 0.789. The van der Waals surface area contributed by atoms with Crippen molar-refractivity contribution < 1.29 is 9.84 Å². The van der Waals surface area contributed by atoms with Crippen LogP contribution in [0.5, 0.6) is 5.75 Å². The monoisotopic (exact) mass is 312 g/mol. The summed E-state index contributed by atoms with van der Waals surface area (Å²) in [5.41, 5.74) is 3.25. The molecule has 0 spiro atoms. The number of rotatable bonds is 1. The van der Waals surface area contributed by atoms with E-state index in [2.05, 4.69) is 38.0 Å². The first-order valence-electron chi connectivity index (χ1n) is 8.81. The maximum Gasteiger partial charge on any atom is 0.119 e. The fourth-order valence-corrected chi connectivity index (χ4v) is 5.66. The van der Waals surface area contributed by atoms with Gasteiger partial charge in [-0.1, -0.05) is 13.0 Å². The lowest BCUT2D eigenvalue weighted by molar-refractivity contribution is -0.0226. The molecular formula is C21H28O2. The van der Waals surface area contributed by atoms with Gasteiger partial charge >= 0.3 is 0 Å². The molecule has 0 aromatic heterocycles. The van der Waals surface area contributed by atoms with Crippen LogP contribution in [-0.2, 0) is 6.42 Å². The molecule has 2 saturated carbocycles. The molecule has 0 heterocycles. The number of fused-ring (bicyclic) bond motifs is 5. The summed E-state index contributed by atoms with van der Waals surface area (Å²) in [5, 5.41) is 10.4. The van der Waals surface area contributed by atoms with Crippen LogP contribution in [0, 0.1) is 30.1 Å². The SMILES string of the molecule is C#C.COc1ccc2c(c1)CC[C@@H]1C2CCC2(C)C(O)CCC12. The average molecular weight is 312 g/mol. The molecule has 124 valence electrons. The molecule has 0 radical (unpaired) electrons. The second-order valence-corrected chi connectivity index (χ2v) is 7.62. The third kappa shape index (κ3) is 2.46. The zero-order valence-electron chi connectivity index (χ0n) is 14.3. The molecule has 2 fully saturated rings. The van der Waals surface area contributed by atoms with Gasteiger partial charge < -0.3 is 9.84 Å². The van der Waals surface area contributed by atoms with Crippen molar-refractivity contribution in [3.8, 4) is 18.6 Å². The lowest BCUT2D eigenvalue weighted by Gasteiger charge is -2.50. The van der Waals surface area contributed by atoms with E-state index in [9.17, 15) is 5.11 Å². The minimum absolute atomic E-state index is 0.0688. The lowest BCUT2D eigenvalue weighted by atomic mass is 9.55. The molecule has 1 N–H and O–H groups in total. The number of benzene rings is 1. The van der Waals surface area contributed by atoms with E-state index in [0.717, 1.165) is 24.0 Å². The van der Waals surface area contributed by atoms with Gasteiger partial charge in [-0.15, -0.1) is 12.8 Å². The highest BCUT2D eigenvalue weighted by atomic mass is 16.5. The third-order valence-corrected chi connectivity index (χ3v) is 6.88. The Balaban J connectivity index is 0.000000753. The van der Waals surface area contributed by atoms with E-state index >= 15 is 0 Å². The molecule has 1 aromatic rings. The van der Waals surface area contributed by atoms with Crippen molar-refractivity contribution in [1.82, 2.24) is 0 Å². The number of methoxy groups -OCH3 is 1. The van der Waals surface area contributed by atoms with Crippen LogP contribution in [0.4, 0.5) is 0 Å². The molecular weight excluding hydrogens is 284 g/mol. The number of ether oxygens (including phenoxy) is 1. The summed E-state index contributed by atoms with van der Waals surface area (Å²) in [6.07, 6.45) is 15.1. The molecule has 0 amide bonds. The molecule has 3 aliphatic carbocycles. The fourth-order valence-electron chi connectivity index (χ4n) is 5.66. The highest BCUT2D eigenvalue weighted by molar-refractivity contribution is 5.40. The summed E-state index contributed by atoms with van der Waals surface area (Å²) >= 11 is 0. The van der Waals surface area contributed by atoms with Gasteiger partial charge in [-0.3, -0.25) is 0 Å². The van der Waals surface area contributed by atoms with Crippen molar-refractivity contribution in [2.45, 2.75) is 57.5 Å². The van der Waals surface area contributed by atoms with E-state index in [1.54, 1.807) is 12.7 Å². The summed E-state index contributed by atoms with van der Waals surface area (Å²) < 4.78 is 5.38. The molecule has 0 saturated heterocycles. The Morgan fingerprint density at radius 3 is 2.70 bits per heavy atom. The Labute approximate surface area is 140 Å². The van der Waals surface area contributed by atoms with Gasteiger partial charge in [0.05, 0.1) is 13.2 Å². The minimum Gasteiger partial charge on any atom is -0.497 e. The van der Waals surface area contributed by atoms with Crippen molar-refractivity contribution in [2.75, 3.05) is 7.11 Å². The number of aliphatic hydroxyl groups excluding tert-OH is 1. The smallest absolute Gasteiger partial charge is 0.119 e. The first kappa shape index (κ1) is 16.4. The summed E-state index contributed by atoms with van der Waals surface area (Å²) in [4.78, 5) is 0. The number of terminal acetylenes is 1. The van der Waals surface area contributed by atoms with E-state index in [0.29, 0.717) is 5.92 Å². The zero-order chi connectivity index (χ0) is 16.6. The van der Waals surface area contributed by atoms with Crippen molar-refractivity contribution in [2.24, 2.45) is 17.3 Å². The first-order valence-corrected chi connectivity index (χ1v) is 8.81. The van der Waals surface area contributed by atoms with Gasteiger partial charge in [0, 0.05) is 0 Å². The molecule has 23 heavy (non-hydrogen) atoms. The molecule has 5 atom stereocenters. The Bertz CT molecular complexity index is 591. The van der Waals surface area contributed by atoms with Gasteiger partial charge in [0.2, 0.25) is 0 Å². The molecule has 0 aliphatic heterocycles. The van der Waals surface area contributed by atoms with Gasteiger partial charge in [0.1, 0.15) is 5.75 Å². The predicted octanol–water partition coefficient (Wildman–Crippen LogP) is 4.16. The van der Waals surface area contributed by atoms with E-state index in [1.807, 2.05) is 0 Å². The highest BCUT2D eigenvalue weighted by Gasteiger charge is 2.54. The average Bonchev–Trinajstić information content (AvgIpc) is 2.91. The Kier molecular flexibility index (Phi) is 4.43. The molecule has 3 aliphatic rings. The summed E-state index contributed by atoms with van der Waals surface area (Å²) in [5.74, 6) is 3.20. The second-order valence-electron chi connectivity index (χ2n) is 7.62. The second kappa shape index (κ2) is 6.21. The van der Waals surface area contributed by atoms with Crippen molar-refractivity contribution in [3.05, 3.63) is 29.3 Å². The Morgan fingerprint density at radius 2 is 1.96 bits per heavy atom. The largest absolute Gasteiger partial charge is 0.497 e. The molecule has 2 nitrogen and oxygen atoms in total. The fraction of sp³-hybridized carbons (Fsp3) is 0.619. The van der Waals surface area contributed by atoms with Gasteiger partial charge in [-0.25, -0.2) is 0 Å². The summed E-state index contributed by atoms with van der Waals surface area (Å²) in [6, 6.07) is 6.67. The van der Waals surface area contributed by atoms with Gasteiger partial charge in [0.15, 0.2) is 0 Å². The van der Waals surface area contributed by atoms with Crippen LogP contribution in [0.2, 0.25) is 0 Å². The molecule has 0 bridgehead atoms. The van der Waals surface area contributed by atoms with Crippen LogP contribution < -0.4 is 4.74 Å². The normalized spacial score (nSPS) is 37.6. The maximum atomic E-state index is 10.4. The standard InChI is InChI=1S/C19H26O2.C2H2/c1-19-10-9-15-14-6-4-13(21-2)11-12(14)3-5-16(15)17(19)7-8-18(19)20;1-2/h4,6,11,15-18,20H,3,5,7-10H2,1-2H3;1-2H/t15?,16-,17?,18?,19?;/m1./s1. The van der Waals surface area contributed by atoms with Crippen molar-refractivity contribution in [1.29, 1.82) is 0 Å². The van der Waals surface area contributed by atoms with Crippen LogP contribution in [0.3, 0.4) is 0 Å². The molecule has 2 heteroatoms. The number of hydrogen-bond acceptors (Lipinski definition) is 2. The van der Waals surface area contributed by atoms with Crippen molar-refractivity contribution >= 4 is 0 Å². The topological polar surface area (TPSA) is 29.5 Å². The van der Waals surface area contributed by atoms with Crippen LogP contribution in [-0.4, -0.2) is 18.3 Å². The molecule has 4 unspecified atom stereocenters. The Hall–Kier alpha value is -1.46. The summed E-state index contributed by atoms with van der Waals surface area (Å²) in [6.45, 7) is 2.34. The van der Waals surface area contributed by atoms with Crippen LogP contribution in [0.15, 0.2) is 18.2 Å². The van der Waals surface area contributed by atoms with Crippen molar-refractivity contribution in [3.63, 3.8) is 0 Å². The summed E-state index contributed by atoms with van der Waals surface area (Å²) in [7, 11) is 1.75. The van der Waals surface area contributed by atoms with Crippen LogP contribution >= 0.6 is 0 Å². The zero-order valence-corrected chi connectivity index (χ0v) is 14.3. The number of aliphatic hydroxyl groups is 1. The van der Waals surface area contributed by atoms with E-state index in [1.165, 1.54) is 37.7 Å². The number of aryl methyl sites for hydroxylation is 1. The molecule has 1 aromatic carbocycles. The van der Waals surface area contributed by atoms with Gasteiger partial charge in [-0.05, 0) is 85.0 Å². The first-order chi connectivity index (χ1) is 11.1. The highest BCUT2D eigenvalue weighted by Crippen LogP contribution is 2.60.